The van der Waals surface area contributed by atoms with Crippen molar-refractivity contribution in [2.45, 2.75) is 19.3 Å². The summed E-state index contributed by atoms with van der Waals surface area (Å²) in [4.78, 5) is 15.7. The molecular formula is C52H33N3O. The van der Waals surface area contributed by atoms with Crippen LogP contribution in [0.5, 0.6) is 0 Å². The number of aromatic nitrogens is 3. The normalized spacial score (nSPS) is 13.3. The van der Waals surface area contributed by atoms with Crippen molar-refractivity contribution in [1.82, 2.24) is 15.0 Å². The molecule has 4 nitrogen and oxygen atoms in total. The topological polar surface area (TPSA) is 51.8 Å². The van der Waals surface area contributed by atoms with E-state index in [9.17, 15) is 0 Å². The second-order valence-corrected chi connectivity index (χ2v) is 15.5. The number of hydrogen-bond acceptors (Lipinski definition) is 4. The number of benzene rings is 8. The van der Waals surface area contributed by atoms with Crippen LogP contribution in [-0.2, 0) is 5.41 Å². The molecule has 0 fully saturated rings. The van der Waals surface area contributed by atoms with Crippen molar-refractivity contribution >= 4 is 32.7 Å². The average Bonchev–Trinajstić information content (AvgIpc) is 3.87. The van der Waals surface area contributed by atoms with Crippen molar-refractivity contribution in [3.05, 3.63) is 175 Å². The van der Waals surface area contributed by atoms with Crippen molar-refractivity contribution in [3.8, 4) is 78.7 Å². The van der Waals surface area contributed by atoms with Crippen LogP contribution in [0.1, 0.15) is 25.0 Å². The Kier molecular flexibility index (Phi) is 6.37. The van der Waals surface area contributed by atoms with E-state index in [0.29, 0.717) is 17.5 Å². The lowest BCUT2D eigenvalue weighted by molar-refractivity contribution is 0.660. The fourth-order valence-corrected chi connectivity index (χ4v) is 9.51. The molecule has 0 saturated heterocycles. The Morgan fingerprint density at radius 2 is 0.982 bits per heavy atom. The molecule has 0 amide bonds. The standard InChI is InChI=1S/C52H33N3O/c1-52(2)42-22-9-8-17-38(42)47-39(20-11-23-43(47)52)50-53-49(30-13-4-3-5-14-30)54-51(55-50)40-21-12-24-45-48(40)41-29-31(25-28-44(41)56-45)32-26-27-37-34-16-7-6-15-33(34)36-19-10-18-35(32)46(36)37/h3-29H,1-2H3. The van der Waals surface area contributed by atoms with Gasteiger partial charge in [0.25, 0.3) is 0 Å². The van der Waals surface area contributed by atoms with Crippen LogP contribution in [-0.4, -0.2) is 15.0 Å². The fraction of sp³-hybridized carbons (Fsp3) is 0.0577. The number of furan rings is 1. The van der Waals surface area contributed by atoms with Gasteiger partial charge < -0.3 is 4.42 Å². The summed E-state index contributed by atoms with van der Waals surface area (Å²) in [6, 6.07) is 58.2. The molecule has 12 rings (SSSR count). The highest BCUT2D eigenvalue weighted by atomic mass is 16.3. The Morgan fingerprint density at radius 3 is 1.82 bits per heavy atom. The molecule has 0 unspecified atom stereocenters. The molecule has 0 bridgehead atoms. The van der Waals surface area contributed by atoms with Crippen LogP contribution < -0.4 is 0 Å². The van der Waals surface area contributed by atoms with E-state index in [0.717, 1.165) is 44.2 Å². The van der Waals surface area contributed by atoms with Crippen molar-refractivity contribution < 1.29 is 4.42 Å². The summed E-state index contributed by atoms with van der Waals surface area (Å²) in [5, 5.41) is 4.58. The van der Waals surface area contributed by atoms with Gasteiger partial charge in [0.1, 0.15) is 11.2 Å². The molecule has 0 saturated carbocycles. The van der Waals surface area contributed by atoms with Gasteiger partial charge in [0, 0.05) is 32.9 Å². The van der Waals surface area contributed by atoms with Crippen LogP contribution in [0.15, 0.2) is 168 Å². The second kappa shape index (κ2) is 11.4. The maximum absolute atomic E-state index is 6.56. The van der Waals surface area contributed by atoms with E-state index in [1.165, 1.54) is 60.8 Å². The number of nitrogens with zero attached hydrogens (tertiary/aromatic N) is 3. The molecule has 0 N–H and O–H groups in total. The van der Waals surface area contributed by atoms with Gasteiger partial charge in [-0.25, -0.2) is 15.0 Å². The van der Waals surface area contributed by atoms with Crippen molar-refractivity contribution in [2.75, 3.05) is 0 Å². The molecule has 2 heterocycles. The minimum absolute atomic E-state index is 0.145. The third-order valence-corrected chi connectivity index (χ3v) is 12.1. The SMILES string of the molecule is CC1(C)c2ccccc2-c2c(-c3nc(-c4ccccc4)nc(-c4cccc5oc6ccc(-c7ccc8c9c(cccc79)-c7ccccc7-8)cc6c45)n3)cccc21. The molecule has 0 aliphatic heterocycles. The van der Waals surface area contributed by atoms with Gasteiger partial charge in [-0.1, -0.05) is 159 Å². The van der Waals surface area contributed by atoms with E-state index in [4.69, 9.17) is 19.4 Å². The van der Waals surface area contributed by atoms with Crippen LogP contribution in [0, 0.1) is 0 Å². The average molecular weight is 716 g/mol. The van der Waals surface area contributed by atoms with Crippen molar-refractivity contribution in [2.24, 2.45) is 0 Å². The lowest BCUT2D eigenvalue weighted by Gasteiger charge is -2.21. The first-order chi connectivity index (χ1) is 27.5. The summed E-state index contributed by atoms with van der Waals surface area (Å²) in [5.74, 6) is 1.89. The first-order valence-corrected chi connectivity index (χ1v) is 19.2. The largest absolute Gasteiger partial charge is 0.456 e. The van der Waals surface area contributed by atoms with Gasteiger partial charge in [-0.2, -0.15) is 0 Å². The molecular weight excluding hydrogens is 683 g/mol. The smallest absolute Gasteiger partial charge is 0.164 e. The summed E-state index contributed by atoms with van der Waals surface area (Å²) < 4.78 is 6.56. The highest BCUT2D eigenvalue weighted by molar-refractivity contribution is 6.19. The monoisotopic (exact) mass is 715 g/mol. The van der Waals surface area contributed by atoms with Gasteiger partial charge in [0.2, 0.25) is 0 Å². The zero-order chi connectivity index (χ0) is 37.1. The van der Waals surface area contributed by atoms with E-state index < -0.39 is 0 Å². The van der Waals surface area contributed by atoms with Gasteiger partial charge >= 0.3 is 0 Å². The molecule has 0 radical (unpaired) electrons. The van der Waals surface area contributed by atoms with E-state index in [1.807, 2.05) is 30.3 Å². The lowest BCUT2D eigenvalue weighted by Crippen LogP contribution is -2.14. The zero-order valence-corrected chi connectivity index (χ0v) is 30.8. The maximum atomic E-state index is 6.56. The number of hydrogen-bond donors (Lipinski definition) is 0. The first-order valence-electron chi connectivity index (χ1n) is 19.2. The molecule has 56 heavy (non-hydrogen) atoms. The van der Waals surface area contributed by atoms with Gasteiger partial charge in [0.15, 0.2) is 17.5 Å². The van der Waals surface area contributed by atoms with Crippen molar-refractivity contribution in [1.29, 1.82) is 0 Å². The highest BCUT2D eigenvalue weighted by Gasteiger charge is 2.37. The molecule has 262 valence electrons. The second-order valence-electron chi connectivity index (χ2n) is 15.5. The van der Waals surface area contributed by atoms with Crippen LogP contribution in [0.4, 0.5) is 0 Å². The number of fused-ring (bicyclic) bond motifs is 9. The summed E-state index contributed by atoms with van der Waals surface area (Å²) in [6.07, 6.45) is 0. The molecule has 10 aromatic rings. The zero-order valence-electron chi connectivity index (χ0n) is 30.8. The van der Waals surface area contributed by atoms with E-state index in [1.54, 1.807) is 0 Å². The Balaban J connectivity index is 1.08. The molecule has 2 aliphatic carbocycles. The molecule has 0 spiro atoms. The predicted octanol–water partition coefficient (Wildman–Crippen LogP) is 13.5. The minimum Gasteiger partial charge on any atom is -0.456 e. The van der Waals surface area contributed by atoms with Crippen LogP contribution >= 0.6 is 0 Å². The molecule has 0 atom stereocenters. The van der Waals surface area contributed by atoms with Crippen LogP contribution in [0.2, 0.25) is 0 Å². The quantitative estimate of drug-likeness (QED) is 0.182. The van der Waals surface area contributed by atoms with E-state index in [-0.39, 0.29) is 5.41 Å². The van der Waals surface area contributed by atoms with Crippen LogP contribution in [0.25, 0.3) is 111 Å². The number of rotatable bonds is 4. The molecule has 2 aliphatic rings. The minimum atomic E-state index is -0.145. The third-order valence-electron chi connectivity index (χ3n) is 12.1. The summed E-state index contributed by atoms with van der Waals surface area (Å²) >= 11 is 0. The Labute approximate surface area is 323 Å². The summed E-state index contributed by atoms with van der Waals surface area (Å²) in [7, 11) is 0. The highest BCUT2D eigenvalue weighted by Crippen LogP contribution is 2.52. The van der Waals surface area contributed by atoms with Gasteiger partial charge in [-0.3, -0.25) is 0 Å². The predicted molar refractivity (Wildman–Crippen MR) is 228 cm³/mol. The summed E-state index contributed by atoms with van der Waals surface area (Å²) in [5.41, 5.74) is 16.9. The Bertz CT molecular complexity index is 3250. The lowest BCUT2D eigenvalue weighted by atomic mass is 9.82. The first kappa shape index (κ1) is 31.2. The fourth-order valence-electron chi connectivity index (χ4n) is 9.51. The van der Waals surface area contributed by atoms with E-state index in [2.05, 4.69) is 147 Å². The van der Waals surface area contributed by atoms with E-state index >= 15 is 0 Å². The molecule has 2 aromatic heterocycles. The van der Waals surface area contributed by atoms with Crippen LogP contribution in [0.3, 0.4) is 0 Å². The van der Waals surface area contributed by atoms with Gasteiger partial charge in [-0.15, -0.1) is 0 Å². The Hall–Kier alpha value is -7.17. The Morgan fingerprint density at radius 1 is 0.375 bits per heavy atom. The maximum Gasteiger partial charge on any atom is 0.164 e. The molecule has 4 heteroatoms. The summed E-state index contributed by atoms with van der Waals surface area (Å²) in [6.45, 7) is 4.61. The van der Waals surface area contributed by atoms with Gasteiger partial charge in [0.05, 0.1) is 0 Å². The molecule has 8 aromatic carbocycles. The van der Waals surface area contributed by atoms with Crippen molar-refractivity contribution in [3.63, 3.8) is 0 Å². The third kappa shape index (κ3) is 4.32. The van der Waals surface area contributed by atoms with Gasteiger partial charge in [-0.05, 0) is 84.6 Å².